The summed E-state index contributed by atoms with van der Waals surface area (Å²) in [5.41, 5.74) is 0.814. The maximum Gasteiger partial charge on any atom is 0.311 e. The van der Waals surface area contributed by atoms with Gasteiger partial charge in [-0.1, -0.05) is 0 Å². The minimum Gasteiger partial charge on any atom is -0.466 e. The topological polar surface area (TPSA) is 42.4 Å². The summed E-state index contributed by atoms with van der Waals surface area (Å²) >= 11 is 3.62. The fourth-order valence-corrected chi connectivity index (χ4v) is 4.03. The lowest BCUT2D eigenvalue weighted by molar-refractivity contribution is -0.142. The lowest BCUT2D eigenvalue weighted by Crippen LogP contribution is -2.43. The van der Waals surface area contributed by atoms with Crippen molar-refractivity contribution in [2.24, 2.45) is 0 Å². The summed E-state index contributed by atoms with van der Waals surface area (Å²) in [5, 5.41) is 2.98. The van der Waals surface area contributed by atoms with Gasteiger partial charge in [-0.2, -0.15) is 11.8 Å². The van der Waals surface area contributed by atoms with E-state index >= 15 is 0 Å². The second-order valence-corrected chi connectivity index (χ2v) is 7.77. The molecule has 1 fully saturated rings. The quantitative estimate of drug-likeness (QED) is 0.800. The molecule has 0 radical (unpaired) electrons. The second-order valence-electron chi connectivity index (χ2n) is 5.13. The average Bonchev–Trinajstić information content (AvgIpc) is 2.76. The number of thiazole rings is 1. The number of carbonyl (C=O) groups is 1. The zero-order chi connectivity index (χ0) is 13.9. The summed E-state index contributed by atoms with van der Waals surface area (Å²) in [5.74, 6) is 0.925. The maximum absolute atomic E-state index is 11.4. The van der Waals surface area contributed by atoms with E-state index < -0.39 is 0 Å². The van der Waals surface area contributed by atoms with Crippen LogP contribution in [0.1, 0.15) is 26.5 Å². The number of anilines is 1. The first-order chi connectivity index (χ1) is 9.00. The van der Waals surface area contributed by atoms with Crippen LogP contribution in [0.5, 0.6) is 0 Å². The fourth-order valence-electron chi connectivity index (χ4n) is 2.06. The van der Waals surface area contributed by atoms with Crippen LogP contribution in [-0.4, -0.2) is 41.1 Å². The molecule has 0 saturated carbocycles. The zero-order valence-electron chi connectivity index (χ0n) is 11.6. The Labute approximate surface area is 122 Å². The molecule has 106 valence electrons. The lowest BCUT2D eigenvalue weighted by atomic mass is 10.2. The molecule has 1 saturated heterocycles. The van der Waals surface area contributed by atoms with E-state index in [1.54, 1.807) is 11.3 Å². The molecule has 2 heterocycles. The van der Waals surface area contributed by atoms with E-state index in [9.17, 15) is 4.79 Å². The lowest BCUT2D eigenvalue weighted by Gasteiger charge is -2.37. The molecular formula is C13H20N2O2S2. The molecule has 0 aliphatic carbocycles. The first-order valence-electron chi connectivity index (χ1n) is 6.49. The predicted octanol–water partition coefficient (Wildman–Crippen LogP) is 2.58. The molecule has 1 aromatic heterocycles. The number of aromatic nitrogens is 1. The number of hydrogen-bond donors (Lipinski definition) is 0. The monoisotopic (exact) mass is 300 g/mol. The Morgan fingerprint density at radius 3 is 3.05 bits per heavy atom. The van der Waals surface area contributed by atoms with E-state index in [-0.39, 0.29) is 17.1 Å². The van der Waals surface area contributed by atoms with E-state index in [0.717, 1.165) is 29.7 Å². The molecule has 1 aliphatic rings. The van der Waals surface area contributed by atoms with Crippen molar-refractivity contribution < 1.29 is 9.53 Å². The number of thioether (sulfide) groups is 1. The average molecular weight is 300 g/mol. The molecule has 0 bridgehead atoms. The number of hydrogen-bond acceptors (Lipinski definition) is 6. The van der Waals surface area contributed by atoms with Crippen LogP contribution < -0.4 is 4.90 Å². The number of ether oxygens (including phenoxy) is 1. The van der Waals surface area contributed by atoms with Gasteiger partial charge in [0, 0.05) is 29.0 Å². The Bertz CT molecular complexity index is 446. The molecule has 4 nitrogen and oxygen atoms in total. The van der Waals surface area contributed by atoms with E-state index in [1.807, 2.05) is 24.1 Å². The Morgan fingerprint density at radius 2 is 2.37 bits per heavy atom. The Balaban J connectivity index is 1.98. The van der Waals surface area contributed by atoms with Crippen LogP contribution in [0, 0.1) is 0 Å². The molecule has 1 aromatic rings. The number of nitrogens with zero attached hydrogens (tertiary/aromatic N) is 2. The van der Waals surface area contributed by atoms with Gasteiger partial charge >= 0.3 is 5.97 Å². The van der Waals surface area contributed by atoms with Crippen molar-refractivity contribution >= 4 is 34.2 Å². The second kappa shape index (κ2) is 6.13. The van der Waals surface area contributed by atoms with Crippen molar-refractivity contribution in [2.45, 2.75) is 31.9 Å². The number of esters is 1. The van der Waals surface area contributed by atoms with E-state index in [4.69, 9.17) is 4.74 Å². The third-order valence-electron chi connectivity index (χ3n) is 2.87. The van der Waals surface area contributed by atoms with Crippen molar-refractivity contribution in [3.63, 3.8) is 0 Å². The van der Waals surface area contributed by atoms with Gasteiger partial charge in [0.1, 0.15) is 0 Å². The third kappa shape index (κ3) is 4.11. The molecule has 0 amide bonds. The molecule has 6 heteroatoms. The van der Waals surface area contributed by atoms with Crippen LogP contribution in [0.15, 0.2) is 5.38 Å². The SMILES string of the molecule is CCOC(=O)Cc1csc(N2CCSC(C)(C)C2)n1. The molecule has 0 N–H and O–H groups in total. The largest absolute Gasteiger partial charge is 0.466 e. The van der Waals surface area contributed by atoms with Crippen LogP contribution in [0.4, 0.5) is 5.13 Å². The third-order valence-corrected chi connectivity index (χ3v) is 5.11. The minimum absolute atomic E-state index is 0.200. The smallest absolute Gasteiger partial charge is 0.311 e. The normalized spacial score (nSPS) is 18.4. The summed E-state index contributed by atoms with van der Waals surface area (Å²) in [6.45, 7) is 8.80. The first-order valence-corrected chi connectivity index (χ1v) is 8.35. The van der Waals surface area contributed by atoms with Crippen molar-refractivity contribution in [1.82, 2.24) is 4.98 Å². The van der Waals surface area contributed by atoms with Crippen molar-refractivity contribution in [1.29, 1.82) is 0 Å². The van der Waals surface area contributed by atoms with E-state index in [2.05, 4.69) is 23.7 Å². The summed E-state index contributed by atoms with van der Waals surface area (Å²) < 4.78 is 5.21. The van der Waals surface area contributed by atoms with E-state index in [0.29, 0.717) is 6.61 Å². The highest BCUT2D eigenvalue weighted by atomic mass is 32.2. The highest BCUT2D eigenvalue weighted by Crippen LogP contribution is 2.33. The van der Waals surface area contributed by atoms with Gasteiger partial charge in [-0.25, -0.2) is 4.98 Å². The highest BCUT2D eigenvalue weighted by Gasteiger charge is 2.28. The van der Waals surface area contributed by atoms with Gasteiger partial charge in [0.05, 0.1) is 18.7 Å². The molecular weight excluding hydrogens is 280 g/mol. The summed E-state index contributed by atoms with van der Waals surface area (Å²) in [6.07, 6.45) is 0.274. The Morgan fingerprint density at radius 1 is 1.58 bits per heavy atom. The van der Waals surface area contributed by atoms with Crippen LogP contribution in [-0.2, 0) is 16.0 Å². The Kier molecular flexibility index (Phi) is 4.73. The van der Waals surface area contributed by atoms with Crippen molar-refractivity contribution in [3.8, 4) is 0 Å². The Hall–Kier alpha value is -0.750. The molecule has 2 rings (SSSR count). The number of rotatable bonds is 4. The molecule has 0 spiro atoms. The molecule has 0 atom stereocenters. The fraction of sp³-hybridized carbons (Fsp3) is 0.692. The molecule has 1 aliphatic heterocycles. The van der Waals surface area contributed by atoms with Crippen LogP contribution in [0.25, 0.3) is 0 Å². The number of carbonyl (C=O) groups excluding carboxylic acids is 1. The van der Waals surface area contributed by atoms with E-state index in [1.165, 1.54) is 0 Å². The summed E-state index contributed by atoms with van der Waals surface area (Å²) in [6, 6.07) is 0. The molecule has 0 aromatic carbocycles. The van der Waals surface area contributed by atoms with Crippen LogP contribution in [0.3, 0.4) is 0 Å². The predicted molar refractivity (Wildman–Crippen MR) is 81.2 cm³/mol. The van der Waals surface area contributed by atoms with Gasteiger partial charge < -0.3 is 9.64 Å². The van der Waals surface area contributed by atoms with Crippen LogP contribution >= 0.6 is 23.1 Å². The van der Waals surface area contributed by atoms with Gasteiger partial charge in [-0.15, -0.1) is 11.3 Å². The summed E-state index contributed by atoms with van der Waals surface area (Å²) in [7, 11) is 0. The van der Waals surface area contributed by atoms with Crippen molar-refractivity contribution in [2.75, 3.05) is 30.3 Å². The standard InChI is InChI=1S/C13H20N2O2S2/c1-4-17-11(16)7-10-8-18-12(14-10)15-5-6-19-13(2,3)9-15/h8H,4-7,9H2,1-3H3. The summed E-state index contributed by atoms with van der Waals surface area (Å²) in [4.78, 5) is 18.3. The van der Waals surface area contributed by atoms with Gasteiger partial charge in [0.2, 0.25) is 0 Å². The van der Waals surface area contributed by atoms with Gasteiger partial charge in [-0.3, -0.25) is 4.79 Å². The first kappa shape index (κ1) is 14.7. The van der Waals surface area contributed by atoms with Crippen LogP contribution in [0.2, 0.25) is 0 Å². The van der Waals surface area contributed by atoms with Gasteiger partial charge in [0.25, 0.3) is 0 Å². The zero-order valence-corrected chi connectivity index (χ0v) is 13.3. The van der Waals surface area contributed by atoms with Gasteiger partial charge in [-0.05, 0) is 20.8 Å². The minimum atomic E-state index is -0.200. The van der Waals surface area contributed by atoms with Crippen molar-refractivity contribution in [3.05, 3.63) is 11.1 Å². The van der Waals surface area contributed by atoms with Gasteiger partial charge in [0.15, 0.2) is 5.13 Å². The maximum atomic E-state index is 11.4. The molecule has 19 heavy (non-hydrogen) atoms. The molecule has 0 unspecified atom stereocenters. The highest BCUT2D eigenvalue weighted by molar-refractivity contribution is 8.00.